The molecule has 1 amide bonds. The minimum absolute atomic E-state index is 0.0154. The normalized spacial score (nSPS) is 12.3. The van der Waals surface area contributed by atoms with Gasteiger partial charge in [-0.1, -0.05) is 26.8 Å². The number of amides is 1. The fourth-order valence-corrected chi connectivity index (χ4v) is 3.10. The van der Waals surface area contributed by atoms with E-state index < -0.39 is 17.0 Å². The van der Waals surface area contributed by atoms with E-state index in [9.17, 15) is 13.6 Å². The summed E-state index contributed by atoms with van der Waals surface area (Å²) in [7, 11) is 0. The molecule has 0 aliphatic heterocycles. The van der Waals surface area contributed by atoms with Gasteiger partial charge in [-0.3, -0.25) is 19.0 Å². The summed E-state index contributed by atoms with van der Waals surface area (Å²) in [6.45, 7) is 8.03. The molecule has 8 heteroatoms. The van der Waals surface area contributed by atoms with E-state index >= 15 is 0 Å². The van der Waals surface area contributed by atoms with Gasteiger partial charge in [-0.2, -0.15) is 0 Å². The van der Waals surface area contributed by atoms with Crippen LogP contribution in [0.2, 0.25) is 0 Å². The number of nitrogens with one attached hydrogen (secondary N) is 1. The van der Waals surface area contributed by atoms with E-state index in [1.165, 1.54) is 18.5 Å². The molecule has 3 aromatic rings. The maximum absolute atomic E-state index is 13.0. The predicted molar refractivity (Wildman–Crippen MR) is 114 cm³/mol. The molecule has 1 atom stereocenters. The summed E-state index contributed by atoms with van der Waals surface area (Å²) in [4.78, 5) is 21.0. The van der Waals surface area contributed by atoms with Crippen molar-refractivity contribution in [2.75, 3.05) is 5.32 Å². The van der Waals surface area contributed by atoms with Crippen molar-refractivity contribution in [2.24, 2.45) is 0 Å². The molecule has 3 rings (SSSR count). The van der Waals surface area contributed by atoms with Crippen LogP contribution in [-0.2, 0) is 16.5 Å². The maximum atomic E-state index is 13.0. The van der Waals surface area contributed by atoms with Crippen LogP contribution in [0.25, 0.3) is 0 Å². The molecule has 1 unspecified atom stereocenters. The molecule has 7 nitrogen and oxygen atoms in total. The van der Waals surface area contributed by atoms with Gasteiger partial charge in [0, 0.05) is 17.3 Å². The fraction of sp³-hybridized carbons (Fsp3) is 0.227. The average molecular weight is 425 g/mol. The molecule has 0 bridgehead atoms. The van der Waals surface area contributed by atoms with Crippen molar-refractivity contribution in [1.29, 1.82) is 0 Å². The first-order chi connectivity index (χ1) is 14.1. The van der Waals surface area contributed by atoms with Crippen molar-refractivity contribution in [1.82, 2.24) is 9.97 Å². The van der Waals surface area contributed by atoms with Crippen molar-refractivity contribution >= 4 is 22.7 Å². The highest BCUT2D eigenvalue weighted by molar-refractivity contribution is 7.79. The number of rotatable bonds is 5. The number of hydrogen-bond donors (Lipinski definition) is 1. The molecule has 0 aliphatic carbocycles. The smallest absolute Gasteiger partial charge is 0.259 e. The molecule has 1 N–H and O–H groups in total. The van der Waals surface area contributed by atoms with Gasteiger partial charge < -0.3 is 14.6 Å². The first kappa shape index (κ1) is 21.6. The summed E-state index contributed by atoms with van der Waals surface area (Å²) in [5.41, 5.74) is 2.12. The number of pyridine rings is 2. The van der Waals surface area contributed by atoms with Gasteiger partial charge in [0.2, 0.25) is 0 Å². The zero-order chi connectivity index (χ0) is 21.9. The second kappa shape index (κ2) is 8.73. The molecule has 0 saturated carbocycles. The highest BCUT2D eigenvalue weighted by atomic mass is 32.2. The third kappa shape index (κ3) is 5.08. The summed E-state index contributed by atoms with van der Waals surface area (Å²) in [6, 6.07) is 10.3. The molecular formula is C22H22N3O4S-. The zero-order valence-electron chi connectivity index (χ0n) is 17.1. The largest absolute Gasteiger partial charge is 0.768 e. The SMILES string of the molecule is Cc1ncccc1Oc1cc(C(C)(C)C)ccc1C(=O)Nc1cncc(S(=O)[O-])c1. The molecule has 2 heterocycles. The monoisotopic (exact) mass is 424 g/mol. The Balaban J connectivity index is 1.98. The van der Waals surface area contributed by atoms with Crippen LogP contribution in [0.5, 0.6) is 11.5 Å². The Morgan fingerprint density at radius 1 is 1.13 bits per heavy atom. The summed E-state index contributed by atoms with van der Waals surface area (Å²) in [5, 5.41) is 2.68. The minimum atomic E-state index is -2.44. The van der Waals surface area contributed by atoms with E-state index in [0.29, 0.717) is 22.8 Å². The van der Waals surface area contributed by atoms with Crippen molar-refractivity contribution in [3.63, 3.8) is 0 Å². The summed E-state index contributed by atoms with van der Waals surface area (Å²) in [5.74, 6) is 0.484. The quantitative estimate of drug-likeness (QED) is 0.610. The molecule has 30 heavy (non-hydrogen) atoms. The van der Waals surface area contributed by atoms with E-state index in [4.69, 9.17) is 4.74 Å². The lowest BCUT2D eigenvalue weighted by atomic mass is 9.86. The highest BCUT2D eigenvalue weighted by Gasteiger charge is 2.20. The third-order valence-corrected chi connectivity index (χ3v) is 5.04. The zero-order valence-corrected chi connectivity index (χ0v) is 17.9. The van der Waals surface area contributed by atoms with E-state index in [1.807, 2.05) is 19.1 Å². The summed E-state index contributed by atoms with van der Waals surface area (Å²) in [6.07, 6.45) is 4.25. The Bertz CT molecular complexity index is 1110. The van der Waals surface area contributed by atoms with Crippen LogP contribution in [0, 0.1) is 6.92 Å². The van der Waals surface area contributed by atoms with Crippen LogP contribution in [0.1, 0.15) is 42.4 Å². The standard InChI is InChI=1S/C22H23N3O4S/c1-14-19(6-5-9-24-14)29-20-10-15(22(2,3)4)7-8-18(20)21(26)25-16-11-17(30(27)28)13-23-12-16/h5-13H,1-4H3,(H,25,26)(H,27,28)/p-1. The number of nitrogens with zero attached hydrogens (tertiary/aromatic N) is 2. The Hall–Kier alpha value is -3.10. The van der Waals surface area contributed by atoms with Crippen LogP contribution in [0.4, 0.5) is 5.69 Å². The lowest BCUT2D eigenvalue weighted by Gasteiger charge is -2.21. The summed E-state index contributed by atoms with van der Waals surface area (Å²) < 4.78 is 28.4. The Morgan fingerprint density at radius 3 is 2.57 bits per heavy atom. The van der Waals surface area contributed by atoms with Gasteiger partial charge in [0.15, 0.2) is 0 Å². The van der Waals surface area contributed by atoms with Gasteiger partial charge in [-0.25, -0.2) is 0 Å². The van der Waals surface area contributed by atoms with Crippen molar-refractivity contribution in [3.8, 4) is 11.5 Å². The van der Waals surface area contributed by atoms with E-state index in [1.54, 1.807) is 24.4 Å². The van der Waals surface area contributed by atoms with Gasteiger partial charge in [0.05, 0.1) is 23.1 Å². The Morgan fingerprint density at radius 2 is 1.90 bits per heavy atom. The van der Waals surface area contributed by atoms with Crippen molar-refractivity contribution < 1.29 is 18.3 Å². The van der Waals surface area contributed by atoms with E-state index in [0.717, 1.165) is 5.56 Å². The van der Waals surface area contributed by atoms with Gasteiger partial charge in [-0.15, -0.1) is 0 Å². The van der Waals surface area contributed by atoms with E-state index in [2.05, 4.69) is 36.1 Å². The molecule has 2 aromatic heterocycles. The Kier molecular flexibility index (Phi) is 6.28. The Labute approximate surface area is 177 Å². The molecule has 0 fully saturated rings. The van der Waals surface area contributed by atoms with Gasteiger partial charge in [0.1, 0.15) is 11.5 Å². The van der Waals surface area contributed by atoms with Gasteiger partial charge in [0.25, 0.3) is 5.91 Å². The lowest BCUT2D eigenvalue weighted by molar-refractivity contribution is 0.102. The van der Waals surface area contributed by atoms with Gasteiger partial charge >= 0.3 is 0 Å². The van der Waals surface area contributed by atoms with Crippen molar-refractivity contribution in [3.05, 3.63) is 71.8 Å². The van der Waals surface area contributed by atoms with Crippen LogP contribution >= 0.6 is 0 Å². The van der Waals surface area contributed by atoms with Crippen molar-refractivity contribution in [2.45, 2.75) is 38.0 Å². The van der Waals surface area contributed by atoms with Crippen LogP contribution < -0.4 is 10.1 Å². The van der Waals surface area contributed by atoms with Crippen LogP contribution in [0.3, 0.4) is 0 Å². The van der Waals surface area contributed by atoms with Crippen LogP contribution in [-0.4, -0.2) is 24.6 Å². The average Bonchev–Trinajstić information content (AvgIpc) is 2.69. The molecule has 0 radical (unpaired) electrons. The molecule has 0 saturated heterocycles. The molecular weight excluding hydrogens is 402 g/mol. The molecule has 156 valence electrons. The first-order valence-corrected chi connectivity index (χ1v) is 10.3. The maximum Gasteiger partial charge on any atom is 0.259 e. The van der Waals surface area contributed by atoms with Crippen LogP contribution in [0.15, 0.2) is 59.9 Å². The number of carbonyl (C=O) groups is 1. The second-order valence-corrected chi connectivity index (χ2v) is 8.69. The predicted octanol–water partition coefficient (Wildman–Crippen LogP) is 4.37. The number of ether oxygens (including phenoxy) is 1. The number of anilines is 1. The molecule has 0 aliphatic rings. The third-order valence-electron chi connectivity index (χ3n) is 4.43. The minimum Gasteiger partial charge on any atom is -0.768 e. The second-order valence-electron chi connectivity index (χ2n) is 7.75. The number of aryl methyl sites for hydroxylation is 1. The topological polar surface area (TPSA) is 104 Å². The summed E-state index contributed by atoms with van der Waals surface area (Å²) >= 11 is -2.44. The molecule has 1 aromatic carbocycles. The number of hydrogen-bond acceptors (Lipinski definition) is 6. The molecule has 0 spiro atoms. The number of carbonyl (C=O) groups excluding carboxylic acids is 1. The first-order valence-electron chi connectivity index (χ1n) is 9.25. The highest BCUT2D eigenvalue weighted by Crippen LogP contribution is 2.33. The number of benzene rings is 1. The number of aromatic nitrogens is 2. The lowest BCUT2D eigenvalue weighted by Crippen LogP contribution is -2.16. The fourth-order valence-electron chi connectivity index (χ4n) is 2.73. The van der Waals surface area contributed by atoms with Gasteiger partial charge in [-0.05, 0) is 59.3 Å². The van der Waals surface area contributed by atoms with E-state index in [-0.39, 0.29) is 16.0 Å².